The molecular weight excluding hydrogens is 231 g/mol. The second-order valence-electron chi connectivity index (χ2n) is 2.64. The maximum atomic E-state index is 12.7. The van der Waals surface area contributed by atoms with E-state index in [1.807, 2.05) is 0 Å². The number of halogens is 2. The molecule has 0 bridgehead atoms. The molecule has 2 aromatic rings. The van der Waals surface area contributed by atoms with E-state index in [9.17, 15) is 12.3 Å². The van der Waals surface area contributed by atoms with Gasteiger partial charge in [-0.3, -0.25) is 0 Å². The van der Waals surface area contributed by atoms with Crippen molar-refractivity contribution in [2.75, 3.05) is 0 Å². The van der Waals surface area contributed by atoms with Gasteiger partial charge in [0.05, 0.1) is 5.02 Å². The molecule has 0 radical (unpaired) electrons. The van der Waals surface area contributed by atoms with E-state index in [0.717, 1.165) is 6.20 Å². The molecule has 0 amide bonds. The molecule has 4 nitrogen and oxygen atoms in total. The van der Waals surface area contributed by atoms with Crippen molar-refractivity contribution in [1.82, 2.24) is 9.97 Å². The lowest BCUT2D eigenvalue weighted by molar-refractivity contribution is 0.553. The summed E-state index contributed by atoms with van der Waals surface area (Å²) >= 11 is 5.60. The van der Waals surface area contributed by atoms with Gasteiger partial charge in [0.15, 0.2) is 0 Å². The molecule has 0 saturated carbocycles. The third-order valence-corrected chi connectivity index (χ3v) is 2.79. The molecule has 0 spiro atoms. The number of hydrogen-bond donors (Lipinski definition) is 1. The lowest BCUT2D eigenvalue weighted by atomic mass is 10.3. The molecule has 2 rings (SSSR count). The van der Waals surface area contributed by atoms with Gasteiger partial charge in [-0.25, -0.2) is 4.98 Å². The Morgan fingerprint density at radius 2 is 2.21 bits per heavy atom. The zero-order chi connectivity index (χ0) is 10.3. The third-order valence-electron chi connectivity index (χ3n) is 1.72. The molecule has 0 aliphatic rings. The number of nitrogens with one attached hydrogen (secondary N) is 1. The number of fused-ring (bicyclic) bond motifs is 1. The molecule has 0 unspecified atom stereocenters. The van der Waals surface area contributed by atoms with Crippen LogP contribution < -0.4 is 0 Å². The first kappa shape index (κ1) is 9.42. The van der Waals surface area contributed by atoms with Crippen molar-refractivity contribution in [3.8, 4) is 0 Å². The van der Waals surface area contributed by atoms with Crippen molar-refractivity contribution >= 4 is 32.9 Å². The minimum Gasteiger partial charge on any atom is -0.345 e. The van der Waals surface area contributed by atoms with Crippen molar-refractivity contribution in [2.45, 2.75) is 4.90 Å². The van der Waals surface area contributed by atoms with Crippen LogP contribution in [0.15, 0.2) is 23.4 Å². The van der Waals surface area contributed by atoms with Crippen LogP contribution in [0.5, 0.6) is 0 Å². The molecule has 14 heavy (non-hydrogen) atoms. The smallest absolute Gasteiger partial charge is 0.334 e. The van der Waals surface area contributed by atoms with E-state index in [0.29, 0.717) is 0 Å². The highest BCUT2D eigenvalue weighted by atomic mass is 35.5. The van der Waals surface area contributed by atoms with E-state index in [1.165, 1.54) is 12.3 Å². The van der Waals surface area contributed by atoms with Crippen molar-refractivity contribution in [3.05, 3.63) is 23.5 Å². The predicted molar refractivity (Wildman–Crippen MR) is 49.4 cm³/mol. The maximum absolute atomic E-state index is 12.7. The Morgan fingerprint density at radius 3 is 2.86 bits per heavy atom. The van der Waals surface area contributed by atoms with Gasteiger partial charge in [0.2, 0.25) is 0 Å². The van der Waals surface area contributed by atoms with Crippen molar-refractivity contribution < 1.29 is 12.3 Å². The topological polar surface area (TPSA) is 62.8 Å². The quantitative estimate of drug-likeness (QED) is 0.767. The van der Waals surface area contributed by atoms with Crippen LogP contribution in [0.2, 0.25) is 5.02 Å². The fourth-order valence-electron chi connectivity index (χ4n) is 1.16. The SMILES string of the molecule is O=S(=O)(F)c1c[nH]c2ncc(Cl)cc12. The maximum Gasteiger partial charge on any atom is 0.334 e. The Labute approximate surface area is 83.9 Å². The predicted octanol–water partition coefficient (Wildman–Crippen LogP) is 1.87. The summed E-state index contributed by atoms with van der Waals surface area (Å²) in [5.41, 5.74) is 0.283. The van der Waals surface area contributed by atoms with Crippen LogP contribution >= 0.6 is 11.6 Å². The van der Waals surface area contributed by atoms with Gasteiger partial charge < -0.3 is 4.98 Å². The normalized spacial score (nSPS) is 12.1. The fraction of sp³-hybridized carbons (Fsp3) is 0. The summed E-state index contributed by atoms with van der Waals surface area (Å²) in [5, 5.41) is 0.405. The molecule has 0 atom stereocenters. The third kappa shape index (κ3) is 1.46. The molecule has 0 aliphatic carbocycles. The van der Waals surface area contributed by atoms with Crippen LogP contribution in [0.3, 0.4) is 0 Å². The highest BCUT2D eigenvalue weighted by Gasteiger charge is 2.18. The Kier molecular flexibility index (Phi) is 1.97. The van der Waals surface area contributed by atoms with Crippen LogP contribution in [-0.4, -0.2) is 18.4 Å². The lowest BCUT2D eigenvalue weighted by Crippen LogP contribution is -1.89. The zero-order valence-electron chi connectivity index (χ0n) is 6.66. The highest BCUT2D eigenvalue weighted by molar-refractivity contribution is 7.86. The Morgan fingerprint density at radius 1 is 1.50 bits per heavy atom. The van der Waals surface area contributed by atoms with Gasteiger partial charge in [-0.1, -0.05) is 11.6 Å². The minimum absolute atomic E-state index is 0.153. The highest BCUT2D eigenvalue weighted by Crippen LogP contribution is 2.24. The number of nitrogens with zero attached hydrogens (tertiary/aromatic N) is 1. The molecule has 7 heteroatoms. The van der Waals surface area contributed by atoms with E-state index >= 15 is 0 Å². The second-order valence-corrected chi connectivity index (χ2v) is 4.39. The van der Waals surface area contributed by atoms with Gasteiger partial charge in [0.1, 0.15) is 10.5 Å². The first-order chi connectivity index (χ1) is 6.48. The molecule has 0 aliphatic heterocycles. The van der Waals surface area contributed by atoms with E-state index in [-0.39, 0.29) is 16.1 Å². The standard InChI is InChI=1S/C7H4ClFN2O2S/c8-4-1-5-6(14(9,12)13)3-11-7(5)10-2-4/h1-3H,(H,10,11). The number of rotatable bonds is 1. The van der Waals surface area contributed by atoms with Crippen LogP contribution in [-0.2, 0) is 10.2 Å². The average molecular weight is 235 g/mol. The molecule has 0 fully saturated rings. The lowest BCUT2D eigenvalue weighted by Gasteiger charge is -1.92. The number of aromatic nitrogens is 2. The van der Waals surface area contributed by atoms with E-state index in [4.69, 9.17) is 11.6 Å². The summed E-state index contributed by atoms with van der Waals surface area (Å²) in [6, 6.07) is 1.34. The summed E-state index contributed by atoms with van der Waals surface area (Å²) in [6.45, 7) is 0. The van der Waals surface area contributed by atoms with Crippen LogP contribution in [0.1, 0.15) is 0 Å². The zero-order valence-corrected chi connectivity index (χ0v) is 8.23. The summed E-state index contributed by atoms with van der Waals surface area (Å²) in [6.07, 6.45) is 2.39. The second kappa shape index (κ2) is 2.93. The van der Waals surface area contributed by atoms with Gasteiger partial charge in [0, 0.05) is 17.8 Å². The van der Waals surface area contributed by atoms with Gasteiger partial charge >= 0.3 is 10.2 Å². The summed E-state index contributed by atoms with van der Waals surface area (Å²) in [4.78, 5) is 5.89. The largest absolute Gasteiger partial charge is 0.345 e. The van der Waals surface area contributed by atoms with Crippen LogP contribution in [0.25, 0.3) is 11.0 Å². The summed E-state index contributed by atoms with van der Waals surface area (Å²) < 4.78 is 34.0. The summed E-state index contributed by atoms with van der Waals surface area (Å²) in [5.74, 6) is 0. The van der Waals surface area contributed by atoms with Gasteiger partial charge in [0.25, 0.3) is 0 Å². The molecule has 2 heterocycles. The van der Waals surface area contributed by atoms with Gasteiger partial charge in [-0.2, -0.15) is 8.42 Å². The van der Waals surface area contributed by atoms with E-state index in [1.54, 1.807) is 0 Å². The number of pyridine rings is 1. The first-order valence-electron chi connectivity index (χ1n) is 3.56. The van der Waals surface area contributed by atoms with Crippen LogP contribution in [0.4, 0.5) is 3.89 Å². The van der Waals surface area contributed by atoms with Crippen LogP contribution in [0, 0.1) is 0 Å². The summed E-state index contributed by atoms with van der Waals surface area (Å²) in [7, 11) is -4.73. The molecule has 1 N–H and O–H groups in total. The number of aromatic amines is 1. The Bertz CT molecular complexity index is 593. The minimum atomic E-state index is -4.73. The monoisotopic (exact) mass is 234 g/mol. The number of hydrogen-bond acceptors (Lipinski definition) is 3. The fourth-order valence-corrected chi connectivity index (χ4v) is 1.93. The van der Waals surface area contributed by atoms with E-state index < -0.39 is 15.1 Å². The molecule has 0 aromatic carbocycles. The Balaban J connectivity index is 2.87. The molecular formula is C7H4ClFN2O2S. The number of H-pyrrole nitrogens is 1. The van der Waals surface area contributed by atoms with Crippen molar-refractivity contribution in [2.24, 2.45) is 0 Å². The van der Waals surface area contributed by atoms with Crippen molar-refractivity contribution in [3.63, 3.8) is 0 Å². The molecule has 2 aromatic heterocycles. The van der Waals surface area contributed by atoms with Gasteiger partial charge in [-0.05, 0) is 6.07 Å². The van der Waals surface area contributed by atoms with E-state index in [2.05, 4.69) is 9.97 Å². The van der Waals surface area contributed by atoms with Crippen molar-refractivity contribution in [1.29, 1.82) is 0 Å². The first-order valence-corrected chi connectivity index (χ1v) is 5.32. The Hall–Kier alpha value is -1.14. The average Bonchev–Trinajstić information content (AvgIpc) is 2.45. The molecule has 74 valence electrons. The van der Waals surface area contributed by atoms with Gasteiger partial charge in [-0.15, -0.1) is 3.89 Å². The molecule has 0 saturated heterocycles.